The predicted octanol–water partition coefficient (Wildman–Crippen LogP) is 2.25. The van der Waals surface area contributed by atoms with Crippen molar-refractivity contribution in [3.8, 4) is 0 Å². The number of hydrogen-bond acceptors (Lipinski definition) is 3. The van der Waals surface area contributed by atoms with Gasteiger partial charge in [-0.1, -0.05) is 30.9 Å². The minimum absolute atomic E-state index is 0.0852. The maximum atomic E-state index is 9.06. The Labute approximate surface area is 91.0 Å². The van der Waals surface area contributed by atoms with Gasteiger partial charge >= 0.3 is 0 Å². The molecule has 0 atom stereocenters. The molecule has 0 saturated heterocycles. The highest BCUT2D eigenvalue weighted by Crippen LogP contribution is 2.04. The van der Waals surface area contributed by atoms with Crippen LogP contribution in [-0.2, 0) is 0 Å². The van der Waals surface area contributed by atoms with Crippen molar-refractivity contribution < 1.29 is 5.11 Å². The molecule has 0 rings (SSSR count). The fraction of sp³-hybridized carbons (Fsp3) is 0.455. The van der Waals surface area contributed by atoms with Gasteiger partial charge in [0.05, 0.1) is 6.73 Å². The Hall–Kier alpha value is -0.510. The summed E-state index contributed by atoms with van der Waals surface area (Å²) in [6.45, 7) is 6.55. The Morgan fingerprint density at radius 1 is 1.57 bits per heavy atom. The molecule has 0 aromatic heterocycles. The summed E-state index contributed by atoms with van der Waals surface area (Å²) in [6, 6.07) is 0. The molecule has 80 valence electrons. The first kappa shape index (κ1) is 13.5. The molecule has 0 radical (unpaired) electrons. The van der Waals surface area contributed by atoms with Crippen molar-refractivity contribution >= 4 is 11.8 Å². The molecule has 0 bridgehead atoms. The molecule has 0 unspecified atom stereocenters. The number of allylic oxidation sites excluding steroid dienone is 3. The Balaban J connectivity index is 4.20. The van der Waals surface area contributed by atoms with Crippen LogP contribution in [0.3, 0.4) is 0 Å². The quantitative estimate of drug-likeness (QED) is 0.518. The van der Waals surface area contributed by atoms with Gasteiger partial charge in [0.2, 0.25) is 0 Å². The van der Waals surface area contributed by atoms with E-state index >= 15 is 0 Å². The zero-order valence-corrected chi connectivity index (χ0v) is 9.76. The van der Waals surface area contributed by atoms with E-state index in [1.807, 2.05) is 42.4 Å². The second kappa shape index (κ2) is 9.06. The van der Waals surface area contributed by atoms with Crippen LogP contribution in [0.25, 0.3) is 0 Å². The first-order valence-corrected chi connectivity index (χ1v) is 5.94. The number of rotatable bonds is 7. The van der Waals surface area contributed by atoms with Crippen LogP contribution in [0.2, 0.25) is 0 Å². The van der Waals surface area contributed by atoms with Gasteiger partial charge < -0.3 is 5.11 Å². The molecule has 0 aromatic carbocycles. The largest absolute Gasteiger partial charge is 0.381 e. The molecule has 0 aliphatic rings. The SMILES string of the molecule is C=C/C(=C\C=C/C)CN(CO)CSC. The van der Waals surface area contributed by atoms with E-state index in [2.05, 4.69) is 6.58 Å². The molecule has 0 saturated carbocycles. The Kier molecular flexibility index (Phi) is 8.73. The Morgan fingerprint density at radius 3 is 2.71 bits per heavy atom. The predicted molar refractivity (Wildman–Crippen MR) is 65.3 cm³/mol. The highest BCUT2D eigenvalue weighted by atomic mass is 32.2. The van der Waals surface area contributed by atoms with Gasteiger partial charge in [0.15, 0.2) is 0 Å². The van der Waals surface area contributed by atoms with E-state index in [0.29, 0.717) is 0 Å². The summed E-state index contributed by atoms with van der Waals surface area (Å²) in [6.07, 6.45) is 9.80. The van der Waals surface area contributed by atoms with E-state index in [4.69, 9.17) is 5.11 Å². The Bertz CT molecular complexity index is 211. The maximum absolute atomic E-state index is 9.06. The van der Waals surface area contributed by atoms with Crippen LogP contribution < -0.4 is 0 Å². The lowest BCUT2D eigenvalue weighted by Crippen LogP contribution is -2.26. The van der Waals surface area contributed by atoms with E-state index in [1.165, 1.54) is 0 Å². The smallest absolute Gasteiger partial charge is 0.0966 e. The van der Waals surface area contributed by atoms with Crippen LogP contribution in [-0.4, -0.2) is 35.4 Å². The maximum Gasteiger partial charge on any atom is 0.0966 e. The van der Waals surface area contributed by atoms with Gasteiger partial charge in [0, 0.05) is 12.4 Å². The average Bonchev–Trinajstić information content (AvgIpc) is 2.22. The van der Waals surface area contributed by atoms with Crippen molar-refractivity contribution in [2.45, 2.75) is 6.92 Å². The van der Waals surface area contributed by atoms with E-state index in [9.17, 15) is 0 Å². The third-order valence-corrected chi connectivity index (χ3v) is 2.31. The van der Waals surface area contributed by atoms with Crippen molar-refractivity contribution in [3.05, 3.63) is 36.5 Å². The van der Waals surface area contributed by atoms with Crippen LogP contribution >= 0.6 is 11.8 Å². The number of aliphatic hydroxyl groups excluding tert-OH is 1. The van der Waals surface area contributed by atoms with Crippen LogP contribution in [0.15, 0.2) is 36.5 Å². The van der Waals surface area contributed by atoms with E-state index in [0.717, 1.165) is 18.0 Å². The molecule has 0 spiro atoms. The van der Waals surface area contributed by atoms with Gasteiger partial charge in [-0.15, -0.1) is 11.8 Å². The zero-order chi connectivity index (χ0) is 10.8. The molecule has 0 fully saturated rings. The summed E-state index contributed by atoms with van der Waals surface area (Å²) in [7, 11) is 0. The highest BCUT2D eigenvalue weighted by Gasteiger charge is 2.02. The summed E-state index contributed by atoms with van der Waals surface area (Å²) in [5.74, 6) is 0.831. The normalized spacial score (nSPS) is 12.7. The van der Waals surface area contributed by atoms with Crippen LogP contribution in [0, 0.1) is 0 Å². The van der Waals surface area contributed by atoms with E-state index in [-0.39, 0.29) is 6.73 Å². The third kappa shape index (κ3) is 6.02. The molecule has 0 heterocycles. The van der Waals surface area contributed by atoms with Crippen molar-refractivity contribution in [3.63, 3.8) is 0 Å². The van der Waals surface area contributed by atoms with E-state index in [1.54, 1.807) is 11.8 Å². The van der Waals surface area contributed by atoms with Gasteiger partial charge in [-0.25, -0.2) is 0 Å². The summed E-state index contributed by atoms with van der Waals surface area (Å²) in [5.41, 5.74) is 1.12. The summed E-state index contributed by atoms with van der Waals surface area (Å²) >= 11 is 1.70. The molecule has 0 aromatic rings. The van der Waals surface area contributed by atoms with Crippen LogP contribution in [0.1, 0.15) is 6.92 Å². The van der Waals surface area contributed by atoms with Gasteiger partial charge in [-0.05, 0) is 18.8 Å². The number of thioether (sulfide) groups is 1. The first-order valence-electron chi connectivity index (χ1n) is 4.55. The Morgan fingerprint density at radius 2 is 2.29 bits per heavy atom. The molecule has 0 amide bonds. The average molecular weight is 213 g/mol. The van der Waals surface area contributed by atoms with E-state index < -0.39 is 0 Å². The number of nitrogens with zero attached hydrogens (tertiary/aromatic N) is 1. The lowest BCUT2D eigenvalue weighted by molar-refractivity contribution is 0.136. The third-order valence-electron chi connectivity index (χ3n) is 1.68. The monoisotopic (exact) mass is 213 g/mol. The van der Waals surface area contributed by atoms with Crippen molar-refractivity contribution in [2.75, 3.05) is 25.4 Å². The second-order valence-electron chi connectivity index (χ2n) is 2.86. The summed E-state index contributed by atoms with van der Waals surface area (Å²) in [5, 5.41) is 9.06. The standard InChI is InChI=1S/C11H19NOS/c1-4-6-7-11(5-2)8-12(9-13)10-14-3/h4-7,13H,2,8-10H2,1,3H3/b6-4-,11-7+. The molecular formula is C11H19NOS. The lowest BCUT2D eigenvalue weighted by atomic mass is 10.2. The minimum atomic E-state index is 0.0852. The van der Waals surface area contributed by atoms with Crippen molar-refractivity contribution in [2.24, 2.45) is 0 Å². The molecule has 1 N–H and O–H groups in total. The van der Waals surface area contributed by atoms with Gasteiger partial charge in [0.25, 0.3) is 0 Å². The second-order valence-corrected chi connectivity index (χ2v) is 3.70. The number of aliphatic hydroxyl groups is 1. The van der Waals surface area contributed by atoms with Crippen molar-refractivity contribution in [1.29, 1.82) is 0 Å². The summed E-state index contributed by atoms with van der Waals surface area (Å²) < 4.78 is 0. The first-order chi connectivity index (χ1) is 6.78. The highest BCUT2D eigenvalue weighted by molar-refractivity contribution is 7.98. The molecule has 0 aliphatic carbocycles. The summed E-state index contributed by atoms with van der Waals surface area (Å²) in [4.78, 5) is 1.95. The zero-order valence-electron chi connectivity index (χ0n) is 8.94. The molecule has 2 nitrogen and oxygen atoms in total. The fourth-order valence-electron chi connectivity index (χ4n) is 0.982. The lowest BCUT2D eigenvalue weighted by Gasteiger charge is -2.18. The van der Waals surface area contributed by atoms with Gasteiger partial charge in [-0.3, -0.25) is 4.90 Å². The van der Waals surface area contributed by atoms with Gasteiger partial charge in [-0.2, -0.15) is 0 Å². The topological polar surface area (TPSA) is 23.5 Å². The van der Waals surface area contributed by atoms with Crippen LogP contribution in [0.5, 0.6) is 0 Å². The fourth-order valence-corrected chi connectivity index (χ4v) is 1.52. The van der Waals surface area contributed by atoms with Crippen LogP contribution in [0.4, 0.5) is 0 Å². The minimum Gasteiger partial charge on any atom is -0.381 e. The number of hydrogen-bond donors (Lipinski definition) is 1. The molecular weight excluding hydrogens is 194 g/mol. The molecule has 14 heavy (non-hydrogen) atoms. The van der Waals surface area contributed by atoms with Gasteiger partial charge in [0.1, 0.15) is 0 Å². The molecule has 3 heteroatoms. The van der Waals surface area contributed by atoms with Crippen molar-refractivity contribution in [1.82, 2.24) is 4.90 Å². The molecule has 0 aliphatic heterocycles.